The quantitative estimate of drug-likeness (QED) is 0.695. The van der Waals surface area contributed by atoms with Gasteiger partial charge in [0, 0.05) is 31.0 Å². The average molecular weight is 289 g/mol. The molecule has 0 bridgehead atoms. The van der Waals surface area contributed by atoms with Crippen molar-refractivity contribution >= 4 is 11.8 Å². The predicted octanol–water partition coefficient (Wildman–Crippen LogP) is 2.15. The molecule has 1 aliphatic carbocycles. The summed E-state index contributed by atoms with van der Waals surface area (Å²) in [5.74, 6) is 0.416. The molecule has 2 rings (SSSR count). The van der Waals surface area contributed by atoms with Crippen molar-refractivity contribution < 1.29 is 14.9 Å². The molecule has 5 heteroatoms. The van der Waals surface area contributed by atoms with E-state index in [1.807, 2.05) is 25.5 Å². The van der Waals surface area contributed by atoms with Crippen molar-refractivity contribution in [3.8, 4) is 0 Å². The highest BCUT2D eigenvalue weighted by Crippen LogP contribution is 2.35. The van der Waals surface area contributed by atoms with Crippen molar-refractivity contribution in [1.82, 2.24) is 5.32 Å². The first-order valence-electron chi connectivity index (χ1n) is 6.97. The number of allylic oxidation sites excluding steroid dienone is 1. The van der Waals surface area contributed by atoms with Crippen LogP contribution in [-0.4, -0.2) is 48.2 Å². The Bertz CT molecular complexity index is 286. The number of aliphatic hydroxyl groups excluding tert-OH is 2. The molecule has 0 radical (unpaired) electrons. The van der Waals surface area contributed by atoms with Gasteiger partial charge in [0.15, 0.2) is 6.29 Å². The zero-order valence-corrected chi connectivity index (χ0v) is 12.9. The van der Waals surface area contributed by atoms with Gasteiger partial charge in [-0.2, -0.15) is 11.8 Å². The van der Waals surface area contributed by atoms with Gasteiger partial charge < -0.3 is 20.3 Å². The molecular formula is C14H27NO3S. The zero-order chi connectivity index (χ0) is 14.3. The van der Waals surface area contributed by atoms with Gasteiger partial charge in [0.2, 0.25) is 0 Å². The Hall–Kier alpha value is -0.230. The van der Waals surface area contributed by atoms with E-state index in [4.69, 9.17) is 4.74 Å². The van der Waals surface area contributed by atoms with Crippen LogP contribution in [-0.2, 0) is 4.74 Å². The molecule has 0 aromatic heterocycles. The number of ether oxygens (including phenoxy) is 1. The highest BCUT2D eigenvalue weighted by Gasteiger charge is 2.42. The third-order valence-electron chi connectivity index (χ3n) is 3.63. The van der Waals surface area contributed by atoms with E-state index >= 15 is 0 Å². The van der Waals surface area contributed by atoms with Crippen molar-refractivity contribution in [2.45, 2.75) is 38.5 Å². The molecule has 3 N–H and O–H groups in total. The Morgan fingerprint density at radius 3 is 2.84 bits per heavy atom. The van der Waals surface area contributed by atoms with Crippen LogP contribution in [0.1, 0.15) is 26.2 Å². The highest BCUT2D eigenvalue weighted by atomic mass is 32.2. The van der Waals surface area contributed by atoms with Crippen LogP contribution in [0, 0.1) is 11.8 Å². The van der Waals surface area contributed by atoms with Gasteiger partial charge in [-0.1, -0.05) is 0 Å². The molecule has 2 aliphatic rings. The van der Waals surface area contributed by atoms with E-state index in [0.29, 0.717) is 25.0 Å². The first-order valence-corrected chi connectivity index (χ1v) is 8.61. The van der Waals surface area contributed by atoms with Crippen LogP contribution in [0.4, 0.5) is 0 Å². The molecule has 4 unspecified atom stereocenters. The van der Waals surface area contributed by atoms with E-state index in [1.54, 1.807) is 11.8 Å². The van der Waals surface area contributed by atoms with E-state index in [2.05, 4.69) is 5.32 Å². The van der Waals surface area contributed by atoms with Crippen LogP contribution in [0.15, 0.2) is 11.8 Å². The second-order valence-electron chi connectivity index (χ2n) is 5.02. The summed E-state index contributed by atoms with van der Waals surface area (Å²) < 4.78 is 5.24. The number of aliphatic hydroxyl groups is 2. The van der Waals surface area contributed by atoms with Crippen LogP contribution >= 0.6 is 11.8 Å². The predicted molar refractivity (Wildman–Crippen MR) is 80.4 cm³/mol. The number of rotatable bonds is 3. The molecule has 19 heavy (non-hydrogen) atoms. The van der Waals surface area contributed by atoms with Gasteiger partial charge in [-0.3, -0.25) is 0 Å². The van der Waals surface area contributed by atoms with Crippen LogP contribution in [0.2, 0.25) is 0 Å². The van der Waals surface area contributed by atoms with Crippen molar-refractivity contribution in [3.05, 3.63) is 11.8 Å². The fourth-order valence-corrected chi connectivity index (χ4v) is 2.84. The minimum Gasteiger partial charge on any atom is -0.512 e. The topological polar surface area (TPSA) is 61.7 Å². The lowest BCUT2D eigenvalue weighted by atomic mass is 9.87. The maximum absolute atomic E-state index is 10.0. The largest absolute Gasteiger partial charge is 0.512 e. The van der Waals surface area contributed by atoms with Gasteiger partial charge in [-0.15, -0.1) is 0 Å². The van der Waals surface area contributed by atoms with Gasteiger partial charge >= 0.3 is 0 Å². The summed E-state index contributed by atoms with van der Waals surface area (Å²) in [7, 11) is 0. The summed E-state index contributed by atoms with van der Waals surface area (Å²) in [6, 6.07) is 0.291. The number of nitrogens with one attached hydrogen (secondary N) is 1. The first kappa shape index (κ1) is 16.8. The fourth-order valence-electron chi connectivity index (χ4n) is 2.84. The Morgan fingerprint density at radius 1 is 1.53 bits per heavy atom. The molecule has 1 saturated heterocycles. The Balaban J connectivity index is 0.000000550. The fraction of sp³-hybridized carbons (Fsp3) is 0.857. The number of thioether (sulfide) groups is 1. The van der Waals surface area contributed by atoms with Gasteiger partial charge in [0.05, 0.1) is 5.76 Å². The van der Waals surface area contributed by atoms with Crippen LogP contribution in [0.25, 0.3) is 0 Å². The summed E-state index contributed by atoms with van der Waals surface area (Å²) in [4.78, 5) is 0. The molecule has 1 fully saturated rings. The molecule has 112 valence electrons. The van der Waals surface area contributed by atoms with Crippen molar-refractivity contribution in [1.29, 1.82) is 0 Å². The maximum atomic E-state index is 10.0. The van der Waals surface area contributed by atoms with Crippen LogP contribution < -0.4 is 5.32 Å². The molecule has 0 spiro atoms. The summed E-state index contributed by atoms with van der Waals surface area (Å²) in [6.45, 7) is 3.08. The van der Waals surface area contributed by atoms with Crippen molar-refractivity contribution in [3.63, 3.8) is 0 Å². The van der Waals surface area contributed by atoms with Gasteiger partial charge in [-0.25, -0.2) is 0 Å². The number of fused-ring (bicyclic) bond motifs is 1. The number of hydrogen-bond donors (Lipinski definition) is 3. The maximum Gasteiger partial charge on any atom is 0.159 e. The Morgan fingerprint density at radius 2 is 2.21 bits per heavy atom. The summed E-state index contributed by atoms with van der Waals surface area (Å²) in [5, 5.41) is 23.3. The van der Waals surface area contributed by atoms with E-state index in [1.165, 1.54) is 0 Å². The molecule has 4 nitrogen and oxygen atoms in total. The van der Waals surface area contributed by atoms with Crippen LogP contribution in [0.3, 0.4) is 0 Å². The highest BCUT2D eigenvalue weighted by molar-refractivity contribution is 7.97. The monoisotopic (exact) mass is 289 g/mol. The van der Waals surface area contributed by atoms with E-state index in [-0.39, 0.29) is 11.8 Å². The molecule has 0 aromatic carbocycles. The summed E-state index contributed by atoms with van der Waals surface area (Å²) >= 11 is 1.75. The lowest BCUT2D eigenvalue weighted by molar-refractivity contribution is -0.135. The third kappa shape index (κ3) is 4.67. The molecular weight excluding hydrogens is 262 g/mol. The average Bonchev–Trinajstić information content (AvgIpc) is 2.71. The third-order valence-corrected chi connectivity index (χ3v) is 3.63. The first-order chi connectivity index (χ1) is 9.15. The standard InChI is InChI=1S/C12H21NO3.C2H6S/c1-2-16-12(15)8-7-13-9-5-3-4-6-10(14)11(8)9;1-3-2/h6,8-9,11-15H,2-5,7H2,1H3;1-2H3. The van der Waals surface area contributed by atoms with E-state index in [9.17, 15) is 10.2 Å². The minimum atomic E-state index is -0.777. The van der Waals surface area contributed by atoms with Crippen molar-refractivity contribution in [2.24, 2.45) is 11.8 Å². The summed E-state index contributed by atoms with van der Waals surface area (Å²) in [6.07, 6.45) is 8.28. The summed E-state index contributed by atoms with van der Waals surface area (Å²) in [5.41, 5.74) is 0. The Labute approximate surface area is 120 Å². The molecule has 0 saturated carbocycles. The normalized spacial score (nSPS) is 31.6. The van der Waals surface area contributed by atoms with Gasteiger partial charge in [0.25, 0.3) is 0 Å². The zero-order valence-electron chi connectivity index (χ0n) is 12.1. The van der Waals surface area contributed by atoms with Crippen LogP contribution in [0.5, 0.6) is 0 Å². The second-order valence-corrected chi connectivity index (χ2v) is 5.83. The van der Waals surface area contributed by atoms with Gasteiger partial charge in [-0.05, 0) is 44.8 Å². The lowest BCUT2D eigenvalue weighted by Gasteiger charge is -2.25. The van der Waals surface area contributed by atoms with Crippen molar-refractivity contribution in [2.75, 3.05) is 25.7 Å². The van der Waals surface area contributed by atoms with E-state index in [0.717, 1.165) is 19.3 Å². The molecule has 0 amide bonds. The lowest BCUT2D eigenvalue weighted by Crippen LogP contribution is -2.32. The smallest absolute Gasteiger partial charge is 0.159 e. The SMILES string of the molecule is CCOC(O)C1CNC2CCCC=C(O)C21.CSC. The molecule has 0 aromatic rings. The molecule has 4 atom stereocenters. The molecule has 1 heterocycles. The number of hydrogen-bond acceptors (Lipinski definition) is 5. The minimum absolute atomic E-state index is 0.0176. The van der Waals surface area contributed by atoms with Gasteiger partial charge in [0.1, 0.15) is 0 Å². The molecule has 1 aliphatic heterocycles. The Kier molecular flexibility index (Phi) is 7.83. The second kappa shape index (κ2) is 8.84. The van der Waals surface area contributed by atoms with E-state index < -0.39 is 6.29 Å².